The van der Waals surface area contributed by atoms with Crippen LogP contribution in [0.4, 0.5) is 17.1 Å². The van der Waals surface area contributed by atoms with Crippen molar-refractivity contribution in [3.05, 3.63) is 90.0 Å². The van der Waals surface area contributed by atoms with E-state index in [4.69, 9.17) is 0 Å². The van der Waals surface area contributed by atoms with Crippen molar-refractivity contribution in [2.75, 3.05) is 22.5 Å². The van der Waals surface area contributed by atoms with E-state index in [1.807, 2.05) is 42.5 Å². The summed E-state index contributed by atoms with van der Waals surface area (Å²) in [5, 5.41) is 11.9. The summed E-state index contributed by atoms with van der Waals surface area (Å²) in [5.41, 5.74) is 3.73. The van der Waals surface area contributed by atoms with Crippen LogP contribution in [-0.2, 0) is 16.0 Å². The van der Waals surface area contributed by atoms with Crippen molar-refractivity contribution in [3.63, 3.8) is 0 Å². The van der Waals surface area contributed by atoms with E-state index in [2.05, 4.69) is 21.3 Å². The molecule has 3 aromatic rings. The molecule has 1 aliphatic carbocycles. The van der Waals surface area contributed by atoms with Crippen molar-refractivity contribution >= 4 is 34.8 Å². The fourth-order valence-electron chi connectivity index (χ4n) is 4.44. The SMILES string of the molecule is O=C(CCc1ccccc1)Nc1ccc(NC(=O)CNc2cccc(C(=O)NC3CCCCC3)c2)cc1. The van der Waals surface area contributed by atoms with Crippen LogP contribution in [0.3, 0.4) is 0 Å². The summed E-state index contributed by atoms with van der Waals surface area (Å²) < 4.78 is 0. The van der Waals surface area contributed by atoms with Crippen LogP contribution in [0.1, 0.15) is 54.4 Å². The Morgan fingerprint density at radius 1 is 0.703 bits per heavy atom. The van der Waals surface area contributed by atoms with Crippen LogP contribution < -0.4 is 21.3 Å². The summed E-state index contributed by atoms with van der Waals surface area (Å²) in [6.45, 7) is 0.0612. The number of amides is 3. The van der Waals surface area contributed by atoms with Gasteiger partial charge in [0.25, 0.3) is 5.91 Å². The number of hydrogen-bond acceptors (Lipinski definition) is 4. The van der Waals surface area contributed by atoms with Gasteiger partial charge in [-0.3, -0.25) is 14.4 Å². The second-order valence-corrected chi connectivity index (χ2v) is 9.40. The van der Waals surface area contributed by atoms with Crippen LogP contribution in [0.15, 0.2) is 78.9 Å². The smallest absolute Gasteiger partial charge is 0.251 e. The van der Waals surface area contributed by atoms with Crippen molar-refractivity contribution in [2.24, 2.45) is 0 Å². The van der Waals surface area contributed by atoms with E-state index in [1.54, 1.807) is 36.4 Å². The van der Waals surface area contributed by atoms with E-state index in [1.165, 1.54) is 6.42 Å². The predicted molar refractivity (Wildman–Crippen MR) is 148 cm³/mol. The summed E-state index contributed by atoms with van der Waals surface area (Å²) in [7, 11) is 0. The lowest BCUT2D eigenvalue weighted by molar-refractivity contribution is -0.116. The zero-order chi connectivity index (χ0) is 25.9. The van der Waals surface area contributed by atoms with E-state index in [-0.39, 0.29) is 30.3 Å². The lowest BCUT2D eigenvalue weighted by Gasteiger charge is -2.22. The van der Waals surface area contributed by atoms with Gasteiger partial charge in [0, 0.05) is 35.1 Å². The first-order valence-electron chi connectivity index (χ1n) is 12.9. The maximum absolute atomic E-state index is 12.6. The fourth-order valence-corrected chi connectivity index (χ4v) is 4.44. The summed E-state index contributed by atoms with van der Waals surface area (Å²) in [6.07, 6.45) is 6.71. The molecule has 37 heavy (non-hydrogen) atoms. The highest BCUT2D eigenvalue weighted by Gasteiger charge is 2.17. The topological polar surface area (TPSA) is 99.3 Å². The van der Waals surface area contributed by atoms with Gasteiger partial charge in [0.2, 0.25) is 11.8 Å². The Labute approximate surface area is 218 Å². The molecule has 7 nitrogen and oxygen atoms in total. The van der Waals surface area contributed by atoms with Crippen LogP contribution in [0.25, 0.3) is 0 Å². The minimum absolute atomic E-state index is 0.0560. The number of carbonyl (C=O) groups excluding carboxylic acids is 3. The second-order valence-electron chi connectivity index (χ2n) is 9.40. The van der Waals surface area contributed by atoms with E-state index in [9.17, 15) is 14.4 Å². The predicted octanol–water partition coefficient (Wildman–Crippen LogP) is 5.37. The van der Waals surface area contributed by atoms with E-state index < -0.39 is 0 Å². The Hall–Kier alpha value is -4.13. The first-order valence-corrected chi connectivity index (χ1v) is 12.9. The normalized spacial score (nSPS) is 13.4. The van der Waals surface area contributed by atoms with Gasteiger partial charge < -0.3 is 21.3 Å². The molecule has 0 aromatic heterocycles. The average Bonchev–Trinajstić information content (AvgIpc) is 2.93. The molecule has 3 aromatic carbocycles. The molecule has 0 saturated heterocycles. The molecule has 4 N–H and O–H groups in total. The molecule has 0 radical (unpaired) electrons. The molecule has 0 spiro atoms. The Balaban J connectivity index is 1.20. The van der Waals surface area contributed by atoms with Crippen molar-refractivity contribution < 1.29 is 14.4 Å². The molecule has 0 heterocycles. The number of carbonyl (C=O) groups is 3. The van der Waals surface area contributed by atoms with E-state index in [0.29, 0.717) is 35.5 Å². The van der Waals surface area contributed by atoms with Crippen molar-refractivity contribution in [3.8, 4) is 0 Å². The van der Waals surface area contributed by atoms with Gasteiger partial charge in [-0.25, -0.2) is 0 Å². The fraction of sp³-hybridized carbons (Fsp3) is 0.300. The standard InChI is InChI=1S/C30H34N4O3/c35-28(19-14-22-8-3-1-4-9-22)32-25-15-17-26(18-16-25)33-29(36)21-31-27-13-7-10-23(20-27)30(37)34-24-11-5-2-6-12-24/h1,3-4,7-10,13,15-18,20,24,31H,2,5-6,11-12,14,19,21H2,(H,32,35)(H,33,36)(H,34,37). The first kappa shape index (κ1) is 25.9. The van der Waals surface area contributed by atoms with Gasteiger partial charge in [-0.2, -0.15) is 0 Å². The van der Waals surface area contributed by atoms with Crippen LogP contribution >= 0.6 is 0 Å². The molecule has 0 unspecified atom stereocenters. The quantitative estimate of drug-likeness (QED) is 0.302. The number of benzene rings is 3. The Bertz CT molecular complexity index is 1190. The number of aryl methyl sites for hydroxylation is 1. The lowest BCUT2D eigenvalue weighted by atomic mass is 9.95. The maximum Gasteiger partial charge on any atom is 0.251 e. The van der Waals surface area contributed by atoms with Gasteiger partial charge in [-0.15, -0.1) is 0 Å². The Morgan fingerprint density at radius 2 is 1.38 bits per heavy atom. The van der Waals surface area contributed by atoms with Crippen LogP contribution in [0, 0.1) is 0 Å². The maximum atomic E-state index is 12.6. The zero-order valence-electron chi connectivity index (χ0n) is 21.0. The molecule has 7 heteroatoms. The zero-order valence-corrected chi connectivity index (χ0v) is 21.0. The minimum Gasteiger partial charge on any atom is -0.376 e. The Kier molecular flexibility index (Phi) is 9.29. The van der Waals surface area contributed by atoms with Gasteiger partial charge in [0.1, 0.15) is 0 Å². The second kappa shape index (κ2) is 13.3. The molecule has 0 bridgehead atoms. The number of anilines is 3. The van der Waals surface area contributed by atoms with Gasteiger partial charge in [0.15, 0.2) is 0 Å². The molecule has 4 rings (SSSR count). The number of nitrogens with one attached hydrogen (secondary N) is 4. The third-order valence-corrected chi connectivity index (χ3v) is 6.45. The molecule has 1 aliphatic rings. The molecule has 3 amide bonds. The van der Waals surface area contributed by atoms with E-state index >= 15 is 0 Å². The van der Waals surface area contributed by atoms with Crippen molar-refractivity contribution in [1.29, 1.82) is 0 Å². The van der Waals surface area contributed by atoms with Crippen molar-refractivity contribution in [1.82, 2.24) is 5.32 Å². The highest BCUT2D eigenvalue weighted by Crippen LogP contribution is 2.19. The lowest BCUT2D eigenvalue weighted by Crippen LogP contribution is -2.36. The molecular formula is C30H34N4O3. The minimum atomic E-state index is -0.211. The summed E-state index contributed by atoms with van der Waals surface area (Å²) in [6, 6.07) is 24.4. The molecule has 1 fully saturated rings. The van der Waals surface area contributed by atoms with E-state index in [0.717, 1.165) is 31.2 Å². The van der Waals surface area contributed by atoms with Crippen LogP contribution in [0.2, 0.25) is 0 Å². The summed E-state index contributed by atoms with van der Waals surface area (Å²) in [5.74, 6) is -0.344. The molecular weight excluding hydrogens is 464 g/mol. The summed E-state index contributed by atoms with van der Waals surface area (Å²) >= 11 is 0. The van der Waals surface area contributed by atoms with Crippen LogP contribution in [-0.4, -0.2) is 30.3 Å². The highest BCUT2D eigenvalue weighted by atomic mass is 16.2. The highest BCUT2D eigenvalue weighted by molar-refractivity contribution is 5.96. The molecule has 0 atom stereocenters. The van der Waals surface area contributed by atoms with Gasteiger partial charge in [-0.05, 0) is 67.3 Å². The molecule has 192 valence electrons. The van der Waals surface area contributed by atoms with Gasteiger partial charge in [-0.1, -0.05) is 55.7 Å². The van der Waals surface area contributed by atoms with Crippen molar-refractivity contribution in [2.45, 2.75) is 51.0 Å². The Morgan fingerprint density at radius 3 is 2.08 bits per heavy atom. The number of hydrogen-bond donors (Lipinski definition) is 4. The van der Waals surface area contributed by atoms with Crippen LogP contribution in [0.5, 0.6) is 0 Å². The summed E-state index contributed by atoms with van der Waals surface area (Å²) in [4.78, 5) is 37.2. The number of rotatable bonds is 10. The largest absolute Gasteiger partial charge is 0.376 e. The van der Waals surface area contributed by atoms with Gasteiger partial charge in [0.05, 0.1) is 6.54 Å². The average molecular weight is 499 g/mol. The molecule has 0 aliphatic heterocycles. The third-order valence-electron chi connectivity index (χ3n) is 6.45. The third kappa shape index (κ3) is 8.49. The monoisotopic (exact) mass is 498 g/mol. The first-order chi connectivity index (χ1) is 18.0. The van der Waals surface area contributed by atoms with Gasteiger partial charge >= 0.3 is 0 Å². The molecule has 1 saturated carbocycles.